The monoisotopic (exact) mass is 326 g/mol. The molecule has 0 aliphatic carbocycles. The predicted octanol–water partition coefficient (Wildman–Crippen LogP) is 3.87. The normalized spacial score (nSPS) is 10.5. The molecule has 1 aromatic heterocycles. The topological polar surface area (TPSA) is 83.8 Å². The van der Waals surface area contributed by atoms with Crippen LogP contribution in [0.4, 0.5) is 11.6 Å². The van der Waals surface area contributed by atoms with Gasteiger partial charge >= 0.3 is 0 Å². The molecule has 0 spiro atoms. The number of halogens is 1. The van der Waals surface area contributed by atoms with Gasteiger partial charge in [0, 0.05) is 16.3 Å². The van der Waals surface area contributed by atoms with E-state index in [2.05, 4.69) is 15.3 Å². The van der Waals surface area contributed by atoms with Gasteiger partial charge in [0.05, 0.1) is 11.9 Å². The largest absolute Gasteiger partial charge is 0.369 e. The summed E-state index contributed by atoms with van der Waals surface area (Å²) in [5.41, 5.74) is 9.49. The molecule has 4 N–H and O–H groups in total. The van der Waals surface area contributed by atoms with Gasteiger partial charge in [-0.25, -0.2) is 4.98 Å². The van der Waals surface area contributed by atoms with Gasteiger partial charge in [-0.1, -0.05) is 23.7 Å². The summed E-state index contributed by atoms with van der Waals surface area (Å²) in [7, 11) is 0. The van der Waals surface area contributed by atoms with Gasteiger partial charge in [-0.2, -0.15) is 0 Å². The Morgan fingerprint density at radius 2 is 1.96 bits per heavy atom. The summed E-state index contributed by atoms with van der Waals surface area (Å²) in [6, 6.07) is 12.7. The lowest BCUT2D eigenvalue weighted by Gasteiger charge is -2.07. The van der Waals surface area contributed by atoms with Gasteiger partial charge in [0.15, 0.2) is 5.95 Å². The van der Waals surface area contributed by atoms with E-state index in [0.717, 1.165) is 16.8 Å². The Hall–Kier alpha value is -2.79. The number of H-pyrrole nitrogens is 1. The van der Waals surface area contributed by atoms with Crippen molar-refractivity contribution in [2.75, 3.05) is 11.1 Å². The lowest BCUT2D eigenvalue weighted by molar-refractivity contribution is 0.102. The van der Waals surface area contributed by atoms with Crippen LogP contribution in [0, 0.1) is 6.92 Å². The van der Waals surface area contributed by atoms with Crippen LogP contribution in [-0.2, 0) is 0 Å². The molecule has 23 heavy (non-hydrogen) atoms. The molecule has 0 aliphatic rings. The first-order chi connectivity index (χ1) is 11.0. The Bertz CT molecular complexity index is 835. The molecule has 3 rings (SSSR count). The Labute approximate surface area is 138 Å². The molecule has 3 aromatic rings. The highest BCUT2D eigenvalue weighted by atomic mass is 35.5. The number of hydrogen-bond acceptors (Lipinski definition) is 3. The van der Waals surface area contributed by atoms with Crippen LogP contribution in [0.1, 0.15) is 15.9 Å². The lowest BCUT2D eigenvalue weighted by atomic mass is 10.1. The second-order valence-electron chi connectivity index (χ2n) is 5.23. The number of aromatic nitrogens is 2. The van der Waals surface area contributed by atoms with Crippen LogP contribution in [0.5, 0.6) is 0 Å². The van der Waals surface area contributed by atoms with Crippen molar-refractivity contribution in [3.05, 3.63) is 64.8 Å². The molecule has 0 bridgehead atoms. The number of nitrogen functional groups attached to an aromatic ring is 1. The fourth-order valence-corrected chi connectivity index (χ4v) is 2.58. The molecule has 0 fully saturated rings. The van der Waals surface area contributed by atoms with E-state index >= 15 is 0 Å². The van der Waals surface area contributed by atoms with Gasteiger partial charge in [0.1, 0.15) is 0 Å². The summed E-state index contributed by atoms with van der Waals surface area (Å²) < 4.78 is 0. The molecular formula is C17H15ClN4O. The zero-order valence-electron chi connectivity index (χ0n) is 12.4. The Morgan fingerprint density at radius 3 is 2.57 bits per heavy atom. The summed E-state index contributed by atoms with van der Waals surface area (Å²) in [5.74, 6) is 0.169. The van der Waals surface area contributed by atoms with Crippen LogP contribution in [0.15, 0.2) is 48.7 Å². The van der Waals surface area contributed by atoms with Crippen LogP contribution >= 0.6 is 11.6 Å². The summed E-state index contributed by atoms with van der Waals surface area (Å²) >= 11 is 5.99. The van der Waals surface area contributed by atoms with Gasteiger partial charge in [-0.15, -0.1) is 0 Å². The number of hydrogen-bond donors (Lipinski definition) is 3. The highest BCUT2D eigenvalue weighted by molar-refractivity contribution is 6.31. The van der Waals surface area contributed by atoms with Crippen molar-refractivity contribution in [1.29, 1.82) is 0 Å². The molecule has 2 aromatic carbocycles. The summed E-state index contributed by atoms with van der Waals surface area (Å²) in [6.07, 6.45) is 1.66. The van der Waals surface area contributed by atoms with Crippen molar-refractivity contribution in [1.82, 2.24) is 9.97 Å². The van der Waals surface area contributed by atoms with E-state index in [4.69, 9.17) is 17.3 Å². The van der Waals surface area contributed by atoms with E-state index < -0.39 is 0 Å². The minimum Gasteiger partial charge on any atom is -0.369 e. The van der Waals surface area contributed by atoms with Crippen LogP contribution in [0.25, 0.3) is 11.3 Å². The van der Waals surface area contributed by atoms with E-state index in [1.54, 1.807) is 18.3 Å². The van der Waals surface area contributed by atoms with Gasteiger partial charge < -0.3 is 16.0 Å². The third kappa shape index (κ3) is 3.52. The van der Waals surface area contributed by atoms with Crippen molar-refractivity contribution in [2.45, 2.75) is 6.92 Å². The van der Waals surface area contributed by atoms with E-state index in [-0.39, 0.29) is 5.91 Å². The molecule has 1 amide bonds. The molecule has 116 valence electrons. The Balaban J connectivity index is 1.76. The van der Waals surface area contributed by atoms with E-state index in [1.165, 1.54) is 0 Å². The number of nitrogens with zero attached hydrogens (tertiary/aromatic N) is 1. The number of rotatable bonds is 3. The van der Waals surface area contributed by atoms with E-state index in [0.29, 0.717) is 22.2 Å². The SMILES string of the molecule is Cc1cc(Cl)cc(C(=O)Nc2ccc(-c3cnc(N)[nH]3)cc2)c1. The zero-order valence-corrected chi connectivity index (χ0v) is 13.2. The molecule has 0 saturated carbocycles. The molecular weight excluding hydrogens is 312 g/mol. The number of aryl methyl sites for hydroxylation is 1. The Morgan fingerprint density at radius 1 is 1.22 bits per heavy atom. The van der Waals surface area contributed by atoms with Crippen LogP contribution < -0.4 is 11.1 Å². The van der Waals surface area contributed by atoms with Gasteiger partial charge in [-0.05, 0) is 48.4 Å². The van der Waals surface area contributed by atoms with Crippen LogP contribution in [0.2, 0.25) is 5.02 Å². The minimum atomic E-state index is -0.200. The smallest absolute Gasteiger partial charge is 0.255 e. The first-order valence-corrected chi connectivity index (χ1v) is 7.38. The summed E-state index contributed by atoms with van der Waals surface area (Å²) in [6.45, 7) is 1.90. The summed E-state index contributed by atoms with van der Waals surface area (Å²) in [4.78, 5) is 19.2. The minimum absolute atomic E-state index is 0.200. The molecule has 1 heterocycles. The van der Waals surface area contributed by atoms with Gasteiger partial charge in [0.2, 0.25) is 0 Å². The molecule has 0 atom stereocenters. The fourth-order valence-electron chi connectivity index (χ4n) is 2.29. The predicted molar refractivity (Wildman–Crippen MR) is 92.6 cm³/mol. The third-order valence-corrected chi connectivity index (χ3v) is 3.57. The van der Waals surface area contributed by atoms with Gasteiger partial charge in [0.25, 0.3) is 5.91 Å². The number of anilines is 2. The maximum absolute atomic E-state index is 12.3. The number of nitrogens with one attached hydrogen (secondary N) is 2. The van der Waals surface area contributed by atoms with Crippen molar-refractivity contribution in [3.8, 4) is 11.3 Å². The van der Waals surface area contributed by atoms with Crippen LogP contribution in [-0.4, -0.2) is 15.9 Å². The number of carbonyl (C=O) groups excluding carboxylic acids is 1. The van der Waals surface area contributed by atoms with Crippen LogP contribution in [0.3, 0.4) is 0 Å². The number of nitrogens with two attached hydrogens (primary N) is 1. The van der Waals surface area contributed by atoms with Crippen molar-refractivity contribution in [3.63, 3.8) is 0 Å². The maximum atomic E-state index is 12.3. The average Bonchev–Trinajstić information content (AvgIpc) is 2.93. The average molecular weight is 327 g/mol. The highest BCUT2D eigenvalue weighted by Gasteiger charge is 2.08. The maximum Gasteiger partial charge on any atom is 0.255 e. The lowest BCUT2D eigenvalue weighted by Crippen LogP contribution is -2.12. The highest BCUT2D eigenvalue weighted by Crippen LogP contribution is 2.21. The molecule has 0 radical (unpaired) electrons. The standard InChI is InChI=1S/C17H15ClN4O/c1-10-6-12(8-13(18)7-10)16(23)21-14-4-2-11(3-5-14)15-9-20-17(19)22-15/h2-9H,1H3,(H,21,23)(H3,19,20,22). The molecule has 0 unspecified atom stereocenters. The van der Waals surface area contributed by atoms with Crippen molar-refractivity contribution < 1.29 is 4.79 Å². The molecule has 6 heteroatoms. The first kappa shape index (κ1) is 15.1. The second-order valence-corrected chi connectivity index (χ2v) is 5.67. The van der Waals surface area contributed by atoms with Crippen molar-refractivity contribution >= 4 is 29.1 Å². The molecule has 0 saturated heterocycles. The van der Waals surface area contributed by atoms with E-state index in [1.807, 2.05) is 37.3 Å². The number of amides is 1. The number of carbonyl (C=O) groups is 1. The Kier molecular flexibility index (Phi) is 4.04. The fraction of sp³-hybridized carbons (Fsp3) is 0.0588. The third-order valence-electron chi connectivity index (χ3n) is 3.35. The number of benzene rings is 2. The second kappa shape index (κ2) is 6.14. The van der Waals surface area contributed by atoms with Gasteiger partial charge in [-0.3, -0.25) is 4.79 Å². The number of aromatic amines is 1. The molecule has 0 aliphatic heterocycles. The zero-order chi connectivity index (χ0) is 16.4. The van der Waals surface area contributed by atoms with Crippen molar-refractivity contribution in [2.24, 2.45) is 0 Å². The quantitative estimate of drug-likeness (QED) is 0.683. The number of imidazole rings is 1. The summed E-state index contributed by atoms with van der Waals surface area (Å²) in [5, 5.41) is 3.39. The molecule has 5 nitrogen and oxygen atoms in total. The first-order valence-electron chi connectivity index (χ1n) is 7.01. The van der Waals surface area contributed by atoms with E-state index in [9.17, 15) is 4.79 Å².